The molecule has 3 rings (SSSR count). The minimum atomic E-state index is -3.40. The first-order valence-electron chi connectivity index (χ1n) is 7.47. The highest BCUT2D eigenvalue weighted by molar-refractivity contribution is 7.89. The first kappa shape index (κ1) is 15.3. The number of halogens is 1. The summed E-state index contributed by atoms with van der Waals surface area (Å²) in [5, 5.41) is 3.62. The Morgan fingerprint density at radius 1 is 1.29 bits per heavy atom. The molecular weight excluding hydrogens is 308 g/mol. The van der Waals surface area contributed by atoms with E-state index < -0.39 is 10.0 Å². The van der Waals surface area contributed by atoms with Crippen LogP contribution in [0.15, 0.2) is 23.1 Å². The van der Waals surface area contributed by atoms with Crippen molar-refractivity contribution in [1.82, 2.24) is 9.62 Å². The number of nitrogens with zero attached hydrogens (tertiary/aromatic N) is 1. The lowest BCUT2D eigenvalue weighted by molar-refractivity contribution is 0.388. The van der Waals surface area contributed by atoms with Gasteiger partial charge < -0.3 is 5.32 Å². The molecule has 116 valence electrons. The summed E-state index contributed by atoms with van der Waals surface area (Å²) in [4.78, 5) is 0.365. The first-order valence-corrected chi connectivity index (χ1v) is 9.29. The van der Waals surface area contributed by atoms with E-state index in [0.29, 0.717) is 28.9 Å². The van der Waals surface area contributed by atoms with Gasteiger partial charge in [0.1, 0.15) is 0 Å². The van der Waals surface area contributed by atoms with Crippen LogP contribution in [-0.2, 0) is 16.6 Å². The van der Waals surface area contributed by atoms with Crippen molar-refractivity contribution in [2.45, 2.75) is 43.2 Å². The van der Waals surface area contributed by atoms with Crippen LogP contribution >= 0.6 is 11.6 Å². The van der Waals surface area contributed by atoms with Crippen LogP contribution in [0.25, 0.3) is 0 Å². The van der Waals surface area contributed by atoms with Crippen molar-refractivity contribution in [1.29, 1.82) is 0 Å². The molecular formula is C15H21ClN2O2S. The van der Waals surface area contributed by atoms with Crippen molar-refractivity contribution in [3.63, 3.8) is 0 Å². The largest absolute Gasteiger partial charge is 0.316 e. The summed E-state index contributed by atoms with van der Waals surface area (Å²) in [6.07, 6.45) is 4.29. The molecule has 6 heteroatoms. The van der Waals surface area contributed by atoms with E-state index in [1.807, 2.05) is 7.05 Å². The molecule has 1 aromatic carbocycles. The standard InChI is InChI=1S/C15H21ClN2O2S/c1-17-9-12-8-14(6-7-15(12)16)21(19,20)18(13-4-5-13)10-11-2-3-11/h6-8,11,13,17H,2-5,9-10H2,1H3. The number of hydrogen-bond acceptors (Lipinski definition) is 3. The lowest BCUT2D eigenvalue weighted by Crippen LogP contribution is -2.35. The summed E-state index contributed by atoms with van der Waals surface area (Å²) in [5.41, 5.74) is 0.822. The molecule has 0 atom stereocenters. The Bertz CT molecular complexity index is 625. The Hall–Kier alpha value is -0.620. The summed E-state index contributed by atoms with van der Waals surface area (Å²) in [6.45, 7) is 1.24. The molecule has 0 aromatic heterocycles. The molecule has 2 aliphatic carbocycles. The molecule has 4 nitrogen and oxygen atoms in total. The SMILES string of the molecule is CNCc1cc(S(=O)(=O)N(CC2CC2)C2CC2)ccc1Cl. The van der Waals surface area contributed by atoms with Gasteiger partial charge in [-0.3, -0.25) is 0 Å². The molecule has 2 aliphatic rings. The molecule has 21 heavy (non-hydrogen) atoms. The van der Waals surface area contributed by atoms with Crippen LogP contribution in [-0.4, -0.2) is 32.4 Å². The maximum atomic E-state index is 12.9. The second-order valence-corrected chi connectivity index (χ2v) is 8.33. The number of benzene rings is 1. The predicted molar refractivity (Wildman–Crippen MR) is 83.9 cm³/mol. The molecule has 0 aliphatic heterocycles. The molecule has 0 heterocycles. The van der Waals surface area contributed by atoms with Crippen molar-refractivity contribution in [2.24, 2.45) is 5.92 Å². The molecule has 2 saturated carbocycles. The second-order valence-electron chi connectivity index (χ2n) is 6.03. The van der Waals surface area contributed by atoms with Gasteiger partial charge in [0.25, 0.3) is 0 Å². The van der Waals surface area contributed by atoms with Crippen LogP contribution in [0.2, 0.25) is 5.02 Å². The number of rotatable bonds is 7. The fourth-order valence-corrected chi connectivity index (χ4v) is 4.53. The average molecular weight is 329 g/mol. The molecule has 0 spiro atoms. The Labute approximate surface area is 131 Å². The predicted octanol–water partition coefficient (Wildman–Crippen LogP) is 2.62. The summed E-state index contributed by atoms with van der Waals surface area (Å²) < 4.78 is 27.5. The molecule has 0 radical (unpaired) electrons. The Morgan fingerprint density at radius 3 is 2.57 bits per heavy atom. The van der Waals surface area contributed by atoms with E-state index in [1.54, 1.807) is 22.5 Å². The van der Waals surface area contributed by atoms with Gasteiger partial charge in [0, 0.05) is 24.2 Å². The zero-order valence-electron chi connectivity index (χ0n) is 12.2. The van der Waals surface area contributed by atoms with E-state index in [-0.39, 0.29) is 6.04 Å². The van der Waals surface area contributed by atoms with Crippen molar-refractivity contribution >= 4 is 21.6 Å². The number of nitrogens with one attached hydrogen (secondary N) is 1. The van der Waals surface area contributed by atoms with Gasteiger partial charge >= 0.3 is 0 Å². The second kappa shape index (κ2) is 5.88. The summed E-state index contributed by atoms with van der Waals surface area (Å²) in [5.74, 6) is 0.560. The molecule has 2 fully saturated rings. The van der Waals surface area contributed by atoms with Gasteiger partial charge in [-0.05, 0) is 62.4 Å². The van der Waals surface area contributed by atoms with E-state index in [0.717, 1.165) is 31.2 Å². The molecule has 0 bridgehead atoms. The minimum Gasteiger partial charge on any atom is -0.316 e. The fourth-order valence-electron chi connectivity index (χ4n) is 2.53. The third-order valence-electron chi connectivity index (χ3n) is 4.08. The van der Waals surface area contributed by atoms with Gasteiger partial charge in [-0.15, -0.1) is 0 Å². The van der Waals surface area contributed by atoms with Crippen LogP contribution in [0.1, 0.15) is 31.2 Å². The fraction of sp³-hybridized carbons (Fsp3) is 0.600. The smallest absolute Gasteiger partial charge is 0.243 e. The molecule has 0 saturated heterocycles. The monoisotopic (exact) mass is 328 g/mol. The zero-order chi connectivity index (χ0) is 15.0. The van der Waals surface area contributed by atoms with Crippen molar-refractivity contribution in [3.05, 3.63) is 28.8 Å². The van der Waals surface area contributed by atoms with Crippen LogP contribution in [0.3, 0.4) is 0 Å². The topological polar surface area (TPSA) is 49.4 Å². The van der Waals surface area contributed by atoms with Crippen molar-refractivity contribution < 1.29 is 8.42 Å². The highest BCUT2D eigenvalue weighted by atomic mass is 35.5. The van der Waals surface area contributed by atoms with E-state index >= 15 is 0 Å². The van der Waals surface area contributed by atoms with Gasteiger partial charge in [-0.25, -0.2) is 8.42 Å². The lowest BCUT2D eigenvalue weighted by atomic mass is 10.2. The average Bonchev–Trinajstić information content (AvgIpc) is 3.32. The van der Waals surface area contributed by atoms with Gasteiger partial charge in [0.2, 0.25) is 10.0 Å². The maximum absolute atomic E-state index is 12.9. The zero-order valence-corrected chi connectivity index (χ0v) is 13.8. The highest BCUT2D eigenvalue weighted by Crippen LogP contribution is 2.38. The third kappa shape index (κ3) is 3.42. The summed E-state index contributed by atoms with van der Waals surface area (Å²) in [6, 6.07) is 5.22. The minimum absolute atomic E-state index is 0.207. The van der Waals surface area contributed by atoms with Crippen LogP contribution in [0.5, 0.6) is 0 Å². The molecule has 0 amide bonds. The van der Waals surface area contributed by atoms with Gasteiger partial charge in [-0.1, -0.05) is 11.6 Å². The van der Waals surface area contributed by atoms with Crippen LogP contribution in [0.4, 0.5) is 0 Å². The summed E-state index contributed by atoms with van der Waals surface area (Å²) >= 11 is 6.13. The van der Waals surface area contributed by atoms with Crippen molar-refractivity contribution in [3.8, 4) is 0 Å². The first-order chi connectivity index (χ1) is 10.0. The normalized spacial score (nSPS) is 19.2. The van der Waals surface area contributed by atoms with Gasteiger partial charge in [0.15, 0.2) is 0 Å². The Kier molecular flexibility index (Phi) is 4.28. The van der Waals surface area contributed by atoms with Gasteiger partial charge in [0.05, 0.1) is 4.90 Å². The lowest BCUT2D eigenvalue weighted by Gasteiger charge is -2.22. The van der Waals surface area contributed by atoms with Crippen LogP contribution in [0, 0.1) is 5.92 Å². The third-order valence-corrected chi connectivity index (χ3v) is 6.36. The van der Waals surface area contributed by atoms with E-state index in [9.17, 15) is 8.42 Å². The molecule has 0 unspecified atom stereocenters. The quantitative estimate of drug-likeness (QED) is 0.837. The molecule has 1 N–H and O–H groups in total. The van der Waals surface area contributed by atoms with Gasteiger partial charge in [-0.2, -0.15) is 4.31 Å². The van der Waals surface area contributed by atoms with E-state index in [2.05, 4.69) is 5.32 Å². The number of sulfonamides is 1. The Morgan fingerprint density at radius 2 is 2.00 bits per heavy atom. The molecule has 1 aromatic rings. The maximum Gasteiger partial charge on any atom is 0.243 e. The van der Waals surface area contributed by atoms with Crippen LogP contribution < -0.4 is 5.32 Å². The summed E-state index contributed by atoms with van der Waals surface area (Å²) in [7, 11) is -1.58. The van der Waals surface area contributed by atoms with E-state index in [4.69, 9.17) is 11.6 Å². The number of hydrogen-bond donors (Lipinski definition) is 1. The van der Waals surface area contributed by atoms with Crippen molar-refractivity contribution in [2.75, 3.05) is 13.6 Å². The highest BCUT2D eigenvalue weighted by Gasteiger charge is 2.41. The van der Waals surface area contributed by atoms with E-state index in [1.165, 1.54) is 0 Å². The Balaban J connectivity index is 1.90.